The molecule has 4 aromatic rings. The van der Waals surface area contributed by atoms with E-state index in [2.05, 4.69) is 4.98 Å². The van der Waals surface area contributed by atoms with E-state index in [1.54, 1.807) is 30.5 Å². The fraction of sp³-hybridized carbons (Fsp3) is 0.250. The van der Waals surface area contributed by atoms with Crippen LogP contribution in [-0.4, -0.2) is 24.1 Å². The van der Waals surface area contributed by atoms with Crippen molar-refractivity contribution >= 4 is 22.7 Å². The number of aryl methyl sites for hydroxylation is 2. The third-order valence-corrected chi connectivity index (χ3v) is 6.05. The Morgan fingerprint density at radius 1 is 0.914 bits per heavy atom. The van der Waals surface area contributed by atoms with E-state index in [-0.39, 0.29) is 11.2 Å². The average Bonchev–Trinajstić information content (AvgIpc) is 3.14. The molecule has 0 aliphatic carbocycles. The van der Waals surface area contributed by atoms with Gasteiger partial charge < -0.3 is 13.9 Å². The second-order valence-electron chi connectivity index (χ2n) is 8.52. The van der Waals surface area contributed by atoms with Gasteiger partial charge in [0.2, 0.25) is 5.76 Å². The molecule has 0 bridgehead atoms. The minimum absolute atomic E-state index is 0.0329. The summed E-state index contributed by atoms with van der Waals surface area (Å²) in [6.45, 7) is 8.56. The van der Waals surface area contributed by atoms with E-state index in [9.17, 15) is 9.59 Å². The molecule has 178 valence electrons. The Morgan fingerprint density at radius 3 is 2.37 bits per heavy atom. The van der Waals surface area contributed by atoms with Crippen molar-refractivity contribution in [3.05, 3.63) is 93.0 Å². The molecule has 2 aromatic heterocycles. The minimum atomic E-state index is -0.733. The second-order valence-corrected chi connectivity index (χ2v) is 8.52. The number of benzene rings is 2. The van der Waals surface area contributed by atoms with Gasteiger partial charge in [-0.2, -0.15) is 0 Å². The third-order valence-electron chi connectivity index (χ3n) is 6.05. The zero-order chi connectivity index (χ0) is 24.7. The highest BCUT2D eigenvalue weighted by atomic mass is 16.5. The number of rotatable bonds is 6. The van der Waals surface area contributed by atoms with Crippen LogP contribution in [0.15, 0.2) is 63.9 Å². The molecule has 1 aliphatic rings. The number of pyridine rings is 1. The monoisotopic (exact) mass is 470 g/mol. The fourth-order valence-corrected chi connectivity index (χ4v) is 4.48. The van der Waals surface area contributed by atoms with Gasteiger partial charge in [-0.3, -0.25) is 14.5 Å². The van der Waals surface area contributed by atoms with Gasteiger partial charge in [0.05, 0.1) is 30.2 Å². The summed E-state index contributed by atoms with van der Waals surface area (Å²) in [5.41, 5.74) is 3.04. The van der Waals surface area contributed by atoms with Crippen LogP contribution in [0.25, 0.3) is 11.0 Å². The molecule has 1 atom stereocenters. The maximum absolute atomic E-state index is 13.8. The van der Waals surface area contributed by atoms with E-state index >= 15 is 0 Å². The van der Waals surface area contributed by atoms with E-state index in [4.69, 9.17) is 13.9 Å². The summed E-state index contributed by atoms with van der Waals surface area (Å²) < 4.78 is 17.6. The number of aromatic nitrogens is 1. The highest BCUT2D eigenvalue weighted by Gasteiger charge is 2.44. The number of nitrogens with zero attached hydrogens (tertiary/aromatic N) is 2. The Balaban J connectivity index is 1.78. The molecule has 2 aromatic carbocycles. The molecule has 0 fully saturated rings. The Hall–Kier alpha value is -4.13. The fourth-order valence-electron chi connectivity index (χ4n) is 4.48. The molecular weight excluding hydrogens is 444 g/mol. The first kappa shape index (κ1) is 22.7. The summed E-state index contributed by atoms with van der Waals surface area (Å²) in [6, 6.07) is 13.8. The Morgan fingerprint density at radius 2 is 1.66 bits per heavy atom. The number of fused-ring (bicyclic) bond motifs is 2. The van der Waals surface area contributed by atoms with Gasteiger partial charge in [0.15, 0.2) is 16.9 Å². The van der Waals surface area contributed by atoms with E-state index in [1.807, 2.05) is 52.0 Å². The van der Waals surface area contributed by atoms with Gasteiger partial charge in [-0.25, -0.2) is 4.98 Å². The summed E-state index contributed by atoms with van der Waals surface area (Å²) in [5.74, 6) is 1.20. The number of ether oxygens (including phenoxy) is 2. The maximum Gasteiger partial charge on any atom is 0.296 e. The van der Waals surface area contributed by atoms with Crippen molar-refractivity contribution < 1.29 is 18.7 Å². The van der Waals surface area contributed by atoms with Crippen LogP contribution >= 0.6 is 0 Å². The summed E-state index contributed by atoms with van der Waals surface area (Å²) in [6.07, 6.45) is 1.70. The van der Waals surface area contributed by atoms with Crippen molar-refractivity contribution in [2.45, 2.75) is 33.7 Å². The number of hydrogen-bond acceptors (Lipinski definition) is 6. The topological polar surface area (TPSA) is 81.9 Å². The summed E-state index contributed by atoms with van der Waals surface area (Å²) in [5, 5.41) is 0.441. The van der Waals surface area contributed by atoms with Crippen LogP contribution in [0.2, 0.25) is 0 Å². The predicted molar refractivity (Wildman–Crippen MR) is 134 cm³/mol. The van der Waals surface area contributed by atoms with Gasteiger partial charge in [-0.05, 0) is 69.2 Å². The van der Waals surface area contributed by atoms with E-state index in [1.165, 1.54) is 4.90 Å². The molecule has 7 nitrogen and oxygen atoms in total. The lowest BCUT2D eigenvalue weighted by Gasteiger charge is -2.25. The third kappa shape index (κ3) is 3.83. The lowest BCUT2D eigenvalue weighted by atomic mass is 9.97. The van der Waals surface area contributed by atoms with Crippen molar-refractivity contribution in [2.75, 3.05) is 18.1 Å². The minimum Gasteiger partial charge on any atom is -0.490 e. The Bertz CT molecular complexity index is 1490. The zero-order valence-electron chi connectivity index (χ0n) is 20.1. The van der Waals surface area contributed by atoms with Crippen LogP contribution in [0, 0.1) is 13.8 Å². The molecule has 0 N–H and O–H groups in total. The predicted octanol–water partition coefficient (Wildman–Crippen LogP) is 5.35. The maximum atomic E-state index is 13.8. The quantitative estimate of drug-likeness (QED) is 0.378. The standard InChI is InChI=1S/C28H26N2O5/c1-5-33-21-11-9-18(14-22(21)34-6-2)25-24-26(31)19-13-16(3)7-10-20(19)35-27(24)28(32)30(25)23-12-8-17(4)15-29-23/h7-15,25H,5-6H2,1-4H3. The van der Waals surface area contributed by atoms with Crippen LogP contribution in [0.4, 0.5) is 5.82 Å². The smallest absolute Gasteiger partial charge is 0.296 e. The number of hydrogen-bond donors (Lipinski definition) is 0. The zero-order valence-corrected chi connectivity index (χ0v) is 20.1. The number of carbonyl (C=O) groups is 1. The van der Waals surface area contributed by atoms with Crippen LogP contribution in [0.1, 0.15) is 52.7 Å². The van der Waals surface area contributed by atoms with E-state index < -0.39 is 11.9 Å². The normalized spacial score (nSPS) is 14.9. The summed E-state index contributed by atoms with van der Waals surface area (Å²) >= 11 is 0. The molecule has 0 saturated heterocycles. The molecule has 0 saturated carbocycles. The van der Waals surface area contributed by atoms with Gasteiger partial charge in [0.25, 0.3) is 5.91 Å². The van der Waals surface area contributed by atoms with E-state index in [0.29, 0.717) is 52.6 Å². The lowest BCUT2D eigenvalue weighted by molar-refractivity contribution is 0.0970. The molecule has 0 radical (unpaired) electrons. The second kappa shape index (κ2) is 8.91. The Labute approximate surface area is 202 Å². The van der Waals surface area contributed by atoms with Crippen molar-refractivity contribution in [3.63, 3.8) is 0 Å². The van der Waals surface area contributed by atoms with Crippen LogP contribution in [0.3, 0.4) is 0 Å². The summed E-state index contributed by atoms with van der Waals surface area (Å²) in [4.78, 5) is 33.5. The molecular formula is C28H26N2O5. The van der Waals surface area contributed by atoms with Crippen molar-refractivity contribution in [2.24, 2.45) is 0 Å². The number of carbonyl (C=O) groups excluding carboxylic acids is 1. The molecule has 1 amide bonds. The molecule has 5 rings (SSSR count). The largest absolute Gasteiger partial charge is 0.490 e. The van der Waals surface area contributed by atoms with Crippen LogP contribution in [0.5, 0.6) is 11.5 Å². The highest BCUT2D eigenvalue weighted by Crippen LogP contribution is 2.42. The van der Waals surface area contributed by atoms with Crippen molar-refractivity contribution in [1.29, 1.82) is 0 Å². The molecule has 1 aliphatic heterocycles. The number of anilines is 1. The first-order chi connectivity index (χ1) is 16.9. The molecule has 3 heterocycles. The highest BCUT2D eigenvalue weighted by molar-refractivity contribution is 6.10. The molecule has 7 heteroatoms. The number of amides is 1. The molecule has 35 heavy (non-hydrogen) atoms. The van der Waals surface area contributed by atoms with Gasteiger partial charge in [-0.15, -0.1) is 0 Å². The van der Waals surface area contributed by atoms with Crippen LogP contribution < -0.4 is 19.8 Å². The van der Waals surface area contributed by atoms with Gasteiger partial charge in [0.1, 0.15) is 11.4 Å². The van der Waals surface area contributed by atoms with Gasteiger partial charge >= 0.3 is 0 Å². The van der Waals surface area contributed by atoms with Gasteiger partial charge in [-0.1, -0.05) is 23.8 Å². The van der Waals surface area contributed by atoms with Crippen molar-refractivity contribution in [3.8, 4) is 11.5 Å². The average molecular weight is 471 g/mol. The first-order valence-electron chi connectivity index (χ1n) is 11.7. The molecule has 0 spiro atoms. The SMILES string of the molecule is CCOc1ccc(C2c3c(oc4ccc(C)cc4c3=O)C(=O)N2c2ccc(C)cn2)cc1OCC. The van der Waals surface area contributed by atoms with Crippen LogP contribution in [-0.2, 0) is 0 Å². The lowest BCUT2D eigenvalue weighted by Crippen LogP contribution is -2.30. The van der Waals surface area contributed by atoms with E-state index in [0.717, 1.165) is 11.1 Å². The molecule has 1 unspecified atom stereocenters. The Kier molecular flexibility index (Phi) is 5.76. The van der Waals surface area contributed by atoms with Crippen molar-refractivity contribution in [1.82, 2.24) is 4.98 Å². The van der Waals surface area contributed by atoms with Gasteiger partial charge in [0, 0.05) is 6.20 Å². The summed E-state index contributed by atoms with van der Waals surface area (Å²) in [7, 11) is 0. The first-order valence-corrected chi connectivity index (χ1v) is 11.7.